The Balaban J connectivity index is 1.37. The summed E-state index contributed by atoms with van der Waals surface area (Å²) in [6, 6.07) is 16.6. The Bertz CT molecular complexity index is 948. The number of rotatable bonds is 6. The minimum atomic E-state index is -0.298. The molecule has 1 aliphatic heterocycles. The molecule has 31 heavy (non-hydrogen) atoms. The van der Waals surface area contributed by atoms with E-state index in [1.54, 1.807) is 36.7 Å². The predicted octanol–water partition coefficient (Wildman–Crippen LogP) is 5.08. The van der Waals surface area contributed by atoms with Crippen LogP contribution in [0.4, 0.5) is 13.6 Å². The number of carbonyl (C=O) groups excluding carboxylic acids is 1. The topological polar surface area (TPSA) is 45.2 Å². The number of hydrogen-bond acceptors (Lipinski definition) is 2. The number of amides is 2. The summed E-state index contributed by atoms with van der Waals surface area (Å²) in [4.78, 5) is 18.6. The zero-order chi connectivity index (χ0) is 21.6. The molecule has 1 N–H and O–H groups in total. The van der Waals surface area contributed by atoms with Crippen LogP contribution in [-0.2, 0) is 0 Å². The van der Waals surface area contributed by atoms with E-state index in [4.69, 9.17) is 0 Å². The highest BCUT2D eigenvalue weighted by molar-refractivity contribution is 5.74. The molecule has 160 valence electrons. The first-order valence-electron chi connectivity index (χ1n) is 10.5. The van der Waals surface area contributed by atoms with Crippen molar-refractivity contribution >= 4 is 6.03 Å². The third kappa shape index (κ3) is 5.26. The number of benzene rings is 2. The summed E-state index contributed by atoms with van der Waals surface area (Å²) >= 11 is 0. The molecule has 2 heterocycles. The molecule has 1 unspecified atom stereocenters. The lowest BCUT2D eigenvalue weighted by Crippen LogP contribution is -2.39. The van der Waals surface area contributed by atoms with Crippen molar-refractivity contribution in [1.82, 2.24) is 15.2 Å². The van der Waals surface area contributed by atoms with E-state index in [-0.39, 0.29) is 23.6 Å². The second kappa shape index (κ2) is 9.69. The minimum Gasteiger partial charge on any atom is -0.338 e. The van der Waals surface area contributed by atoms with Crippen LogP contribution in [0.15, 0.2) is 73.1 Å². The maximum Gasteiger partial charge on any atom is 0.317 e. The van der Waals surface area contributed by atoms with E-state index in [1.807, 2.05) is 17.0 Å². The number of nitrogens with one attached hydrogen (secondary N) is 1. The molecule has 0 bridgehead atoms. The van der Waals surface area contributed by atoms with Crippen LogP contribution in [0.3, 0.4) is 0 Å². The van der Waals surface area contributed by atoms with E-state index in [0.717, 1.165) is 24.1 Å². The minimum absolute atomic E-state index is 0.0651. The molecule has 1 fully saturated rings. The van der Waals surface area contributed by atoms with Gasteiger partial charge < -0.3 is 10.2 Å². The third-order valence-electron chi connectivity index (χ3n) is 5.91. The maximum absolute atomic E-state index is 13.4. The summed E-state index contributed by atoms with van der Waals surface area (Å²) in [7, 11) is 0. The lowest BCUT2D eigenvalue weighted by atomic mass is 9.88. The van der Waals surface area contributed by atoms with E-state index < -0.39 is 0 Å². The number of aromatic nitrogens is 1. The number of halogens is 2. The van der Waals surface area contributed by atoms with Gasteiger partial charge in [0.05, 0.1) is 0 Å². The second-order valence-corrected chi connectivity index (χ2v) is 7.89. The summed E-state index contributed by atoms with van der Waals surface area (Å²) in [5.74, 6) is -0.329. The number of nitrogens with zero attached hydrogens (tertiary/aromatic N) is 2. The van der Waals surface area contributed by atoms with Gasteiger partial charge in [-0.3, -0.25) is 4.98 Å². The van der Waals surface area contributed by atoms with Crippen LogP contribution in [0.1, 0.15) is 41.4 Å². The molecule has 0 radical (unpaired) electrons. The quantitative estimate of drug-likeness (QED) is 0.603. The molecule has 2 aromatic carbocycles. The van der Waals surface area contributed by atoms with Crippen molar-refractivity contribution in [3.05, 3.63) is 101 Å². The van der Waals surface area contributed by atoms with Crippen LogP contribution in [0.2, 0.25) is 0 Å². The molecule has 0 aliphatic carbocycles. The number of urea groups is 1. The van der Waals surface area contributed by atoms with Gasteiger partial charge in [-0.2, -0.15) is 0 Å². The lowest BCUT2D eigenvalue weighted by molar-refractivity contribution is 0.208. The molecule has 6 heteroatoms. The van der Waals surface area contributed by atoms with E-state index in [0.29, 0.717) is 25.4 Å². The molecule has 3 aromatic rings. The van der Waals surface area contributed by atoms with Crippen LogP contribution in [-0.4, -0.2) is 35.5 Å². The Labute approximate surface area is 180 Å². The first-order valence-corrected chi connectivity index (χ1v) is 10.5. The van der Waals surface area contributed by atoms with Gasteiger partial charge in [-0.05, 0) is 65.9 Å². The van der Waals surface area contributed by atoms with Gasteiger partial charge in [0.2, 0.25) is 0 Å². The first-order chi connectivity index (χ1) is 15.1. The highest BCUT2D eigenvalue weighted by Crippen LogP contribution is 2.29. The maximum atomic E-state index is 13.4. The second-order valence-electron chi connectivity index (χ2n) is 7.89. The monoisotopic (exact) mass is 421 g/mol. The van der Waals surface area contributed by atoms with Crippen molar-refractivity contribution in [2.24, 2.45) is 0 Å². The fraction of sp³-hybridized carbons (Fsp3) is 0.280. The molecular weight excluding hydrogens is 396 g/mol. The SMILES string of the molecule is O=C(NCCC(c1ccc(F)cc1)c1ccc(F)cc1)N1CCC(c2ccncc2)C1. The van der Waals surface area contributed by atoms with E-state index in [2.05, 4.69) is 10.3 Å². The van der Waals surface area contributed by atoms with Crippen molar-refractivity contribution < 1.29 is 13.6 Å². The van der Waals surface area contributed by atoms with Crippen LogP contribution >= 0.6 is 0 Å². The van der Waals surface area contributed by atoms with Gasteiger partial charge >= 0.3 is 6.03 Å². The zero-order valence-corrected chi connectivity index (χ0v) is 17.2. The predicted molar refractivity (Wildman–Crippen MR) is 116 cm³/mol. The Kier molecular flexibility index (Phi) is 6.55. The number of carbonyl (C=O) groups is 1. The average molecular weight is 421 g/mol. The van der Waals surface area contributed by atoms with Gasteiger partial charge in [-0.1, -0.05) is 24.3 Å². The highest BCUT2D eigenvalue weighted by Gasteiger charge is 2.27. The van der Waals surface area contributed by atoms with Gasteiger partial charge in [0, 0.05) is 43.9 Å². The van der Waals surface area contributed by atoms with Crippen molar-refractivity contribution in [2.45, 2.75) is 24.7 Å². The molecule has 4 nitrogen and oxygen atoms in total. The van der Waals surface area contributed by atoms with Crippen molar-refractivity contribution in [1.29, 1.82) is 0 Å². The smallest absolute Gasteiger partial charge is 0.317 e. The van der Waals surface area contributed by atoms with Crippen LogP contribution in [0.5, 0.6) is 0 Å². The molecule has 1 aromatic heterocycles. The van der Waals surface area contributed by atoms with Gasteiger partial charge in [-0.25, -0.2) is 13.6 Å². The number of hydrogen-bond donors (Lipinski definition) is 1. The Hall–Kier alpha value is -3.28. The number of pyridine rings is 1. The molecule has 0 spiro atoms. The summed E-state index contributed by atoms with van der Waals surface area (Å²) in [6.07, 6.45) is 5.13. The van der Waals surface area contributed by atoms with Crippen LogP contribution in [0, 0.1) is 11.6 Å². The standard InChI is InChI=1S/C25H25F2N3O/c26-22-5-1-19(2-6-22)24(20-3-7-23(27)8-4-20)11-15-29-25(31)30-16-12-21(17-30)18-9-13-28-14-10-18/h1-10,13-14,21,24H,11-12,15-17H2,(H,29,31). The molecule has 4 rings (SSSR count). The normalized spacial score (nSPS) is 16.0. The Morgan fingerprint density at radius 2 is 1.55 bits per heavy atom. The average Bonchev–Trinajstić information content (AvgIpc) is 3.29. The molecular formula is C25H25F2N3O. The van der Waals surface area contributed by atoms with E-state index in [9.17, 15) is 13.6 Å². The zero-order valence-electron chi connectivity index (χ0n) is 17.2. The largest absolute Gasteiger partial charge is 0.338 e. The van der Waals surface area contributed by atoms with Crippen molar-refractivity contribution in [3.8, 4) is 0 Å². The van der Waals surface area contributed by atoms with Gasteiger partial charge in [-0.15, -0.1) is 0 Å². The number of likely N-dealkylation sites (tertiary alicyclic amines) is 1. The summed E-state index contributed by atoms with van der Waals surface area (Å²) < 4.78 is 26.7. The lowest BCUT2D eigenvalue weighted by Gasteiger charge is -2.21. The third-order valence-corrected chi connectivity index (χ3v) is 5.91. The molecule has 0 saturated carbocycles. The van der Waals surface area contributed by atoms with Crippen molar-refractivity contribution in [2.75, 3.05) is 19.6 Å². The summed E-state index contributed by atoms with van der Waals surface area (Å²) in [6.45, 7) is 1.88. The fourth-order valence-corrected chi connectivity index (χ4v) is 4.20. The van der Waals surface area contributed by atoms with Crippen LogP contribution in [0.25, 0.3) is 0 Å². The van der Waals surface area contributed by atoms with Crippen LogP contribution < -0.4 is 5.32 Å². The van der Waals surface area contributed by atoms with E-state index >= 15 is 0 Å². The fourth-order valence-electron chi connectivity index (χ4n) is 4.20. The van der Waals surface area contributed by atoms with Gasteiger partial charge in [0.1, 0.15) is 11.6 Å². The molecule has 1 aliphatic rings. The Morgan fingerprint density at radius 3 is 2.13 bits per heavy atom. The summed E-state index contributed by atoms with van der Waals surface area (Å²) in [5.41, 5.74) is 3.07. The summed E-state index contributed by atoms with van der Waals surface area (Å²) in [5, 5.41) is 3.02. The van der Waals surface area contributed by atoms with E-state index in [1.165, 1.54) is 29.8 Å². The van der Waals surface area contributed by atoms with Crippen molar-refractivity contribution in [3.63, 3.8) is 0 Å². The van der Waals surface area contributed by atoms with Gasteiger partial charge in [0.25, 0.3) is 0 Å². The first kappa shape index (κ1) is 21.0. The van der Waals surface area contributed by atoms with Gasteiger partial charge in [0.15, 0.2) is 0 Å². The molecule has 2 amide bonds. The molecule has 1 saturated heterocycles. The highest BCUT2D eigenvalue weighted by atomic mass is 19.1. The Morgan fingerprint density at radius 1 is 0.968 bits per heavy atom. The molecule has 1 atom stereocenters.